The summed E-state index contributed by atoms with van der Waals surface area (Å²) in [5, 5.41) is 11.1. The summed E-state index contributed by atoms with van der Waals surface area (Å²) in [5.41, 5.74) is 3.39. The summed E-state index contributed by atoms with van der Waals surface area (Å²) in [4.78, 5) is 22.9. The normalized spacial score (nSPS) is 13.4. The first kappa shape index (κ1) is 21.4. The van der Waals surface area contributed by atoms with E-state index >= 15 is 0 Å². The topological polar surface area (TPSA) is 91.1 Å². The van der Waals surface area contributed by atoms with E-state index in [2.05, 4.69) is 15.3 Å². The van der Waals surface area contributed by atoms with Crippen LogP contribution in [-0.2, 0) is 11.2 Å². The standard InChI is InChI=1S/C24H22FN5O2/c25-20-15-17(1-6-22(20)30-11-13-32-14-12-30)16-23-27-9-7-21(29-23)18-2-4-19(5-3-18)24(31)28-10-8-26/h1-7,9,15H,10-14,16H2,(H,28,31). The lowest BCUT2D eigenvalue weighted by Gasteiger charge is -2.29. The van der Waals surface area contributed by atoms with Crippen LogP contribution in [0.25, 0.3) is 11.3 Å². The number of anilines is 1. The number of nitrogens with one attached hydrogen (secondary N) is 1. The van der Waals surface area contributed by atoms with Gasteiger partial charge in [-0.05, 0) is 35.9 Å². The fourth-order valence-electron chi connectivity index (χ4n) is 3.56. The highest BCUT2D eigenvalue weighted by Gasteiger charge is 2.16. The minimum Gasteiger partial charge on any atom is -0.378 e. The predicted octanol–water partition coefficient (Wildman–Crippen LogP) is 2.96. The highest BCUT2D eigenvalue weighted by molar-refractivity contribution is 5.94. The third kappa shape index (κ3) is 5.07. The number of morpholine rings is 1. The van der Waals surface area contributed by atoms with Crippen LogP contribution in [0.5, 0.6) is 0 Å². The van der Waals surface area contributed by atoms with Crippen LogP contribution in [0.3, 0.4) is 0 Å². The molecule has 1 aromatic heterocycles. The first-order valence-corrected chi connectivity index (χ1v) is 10.3. The van der Waals surface area contributed by atoms with Crippen LogP contribution in [0.15, 0.2) is 54.7 Å². The Bertz CT molecular complexity index is 1140. The highest BCUT2D eigenvalue weighted by Crippen LogP contribution is 2.23. The van der Waals surface area contributed by atoms with Crippen LogP contribution in [0.4, 0.5) is 10.1 Å². The molecule has 0 aliphatic carbocycles. The molecule has 8 heteroatoms. The molecule has 0 radical (unpaired) electrons. The second kappa shape index (κ2) is 9.98. The van der Waals surface area contributed by atoms with Gasteiger partial charge in [-0.25, -0.2) is 14.4 Å². The molecule has 4 rings (SSSR count). The smallest absolute Gasteiger partial charge is 0.252 e. The Labute approximate surface area is 185 Å². The number of nitriles is 1. The van der Waals surface area contributed by atoms with Crippen molar-refractivity contribution in [3.63, 3.8) is 0 Å². The van der Waals surface area contributed by atoms with E-state index < -0.39 is 0 Å². The van der Waals surface area contributed by atoms with Gasteiger partial charge in [0.25, 0.3) is 5.91 Å². The third-order valence-corrected chi connectivity index (χ3v) is 5.20. The SMILES string of the molecule is N#CCNC(=O)c1ccc(-c2ccnc(Cc3ccc(N4CCOCC4)c(F)c3)n2)cc1. The summed E-state index contributed by atoms with van der Waals surface area (Å²) in [5.74, 6) is 0.0201. The zero-order valence-corrected chi connectivity index (χ0v) is 17.4. The Morgan fingerprint density at radius 1 is 1.16 bits per heavy atom. The van der Waals surface area contributed by atoms with Gasteiger partial charge in [0.15, 0.2) is 0 Å². The van der Waals surface area contributed by atoms with Crippen molar-refractivity contribution < 1.29 is 13.9 Å². The molecular formula is C24H22FN5O2. The minimum absolute atomic E-state index is 0.0378. The number of aromatic nitrogens is 2. The molecule has 1 saturated heterocycles. The Hall–Kier alpha value is -3.83. The quantitative estimate of drug-likeness (QED) is 0.604. The number of carbonyl (C=O) groups is 1. The summed E-state index contributed by atoms with van der Waals surface area (Å²) in [7, 11) is 0. The number of nitrogens with zero attached hydrogens (tertiary/aromatic N) is 4. The molecule has 3 aromatic rings. The van der Waals surface area contributed by atoms with Crippen LogP contribution in [-0.4, -0.2) is 48.7 Å². The summed E-state index contributed by atoms with van der Waals surface area (Å²) >= 11 is 0. The zero-order chi connectivity index (χ0) is 22.3. The fourth-order valence-corrected chi connectivity index (χ4v) is 3.56. The van der Waals surface area contributed by atoms with E-state index in [9.17, 15) is 9.18 Å². The maximum atomic E-state index is 14.7. The molecule has 1 amide bonds. The van der Waals surface area contributed by atoms with Gasteiger partial charge in [0, 0.05) is 36.8 Å². The predicted molar refractivity (Wildman–Crippen MR) is 118 cm³/mol. The van der Waals surface area contributed by atoms with Crippen molar-refractivity contribution in [2.24, 2.45) is 0 Å². The van der Waals surface area contributed by atoms with Crippen LogP contribution < -0.4 is 10.2 Å². The maximum Gasteiger partial charge on any atom is 0.252 e. The molecule has 2 aromatic carbocycles. The first-order chi connectivity index (χ1) is 15.6. The highest BCUT2D eigenvalue weighted by atomic mass is 19.1. The molecule has 1 N–H and O–H groups in total. The van der Waals surface area contributed by atoms with E-state index in [1.54, 1.807) is 42.6 Å². The Balaban J connectivity index is 1.47. The lowest BCUT2D eigenvalue weighted by molar-refractivity contribution is 0.0958. The van der Waals surface area contributed by atoms with E-state index in [1.807, 2.05) is 17.0 Å². The lowest BCUT2D eigenvalue weighted by atomic mass is 10.1. The Morgan fingerprint density at radius 2 is 1.94 bits per heavy atom. The first-order valence-electron chi connectivity index (χ1n) is 10.3. The number of hydrogen-bond acceptors (Lipinski definition) is 6. The maximum absolute atomic E-state index is 14.7. The Morgan fingerprint density at radius 3 is 2.66 bits per heavy atom. The van der Waals surface area contributed by atoms with Crippen LogP contribution in [0.1, 0.15) is 21.7 Å². The van der Waals surface area contributed by atoms with E-state index in [0.717, 1.165) is 11.1 Å². The van der Waals surface area contributed by atoms with Gasteiger partial charge in [-0.2, -0.15) is 5.26 Å². The summed E-state index contributed by atoms with van der Waals surface area (Å²) in [6, 6.07) is 15.9. The largest absolute Gasteiger partial charge is 0.378 e. The molecule has 1 aliphatic rings. The fraction of sp³-hybridized carbons (Fsp3) is 0.250. The molecule has 7 nitrogen and oxygen atoms in total. The number of amides is 1. The van der Waals surface area contributed by atoms with Crippen LogP contribution in [0.2, 0.25) is 0 Å². The van der Waals surface area contributed by atoms with Crippen molar-refractivity contribution in [2.45, 2.75) is 6.42 Å². The van der Waals surface area contributed by atoms with Crippen molar-refractivity contribution in [1.29, 1.82) is 5.26 Å². The third-order valence-electron chi connectivity index (χ3n) is 5.20. The molecule has 1 aliphatic heterocycles. The molecule has 162 valence electrons. The average molecular weight is 431 g/mol. The number of benzene rings is 2. The van der Waals surface area contributed by atoms with Gasteiger partial charge < -0.3 is 15.0 Å². The van der Waals surface area contributed by atoms with Gasteiger partial charge in [0.2, 0.25) is 0 Å². The molecule has 0 bridgehead atoms. The van der Waals surface area contributed by atoms with Gasteiger partial charge in [-0.15, -0.1) is 0 Å². The van der Waals surface area contributed by atoms with Crippen LogP contribution in [0, 0.1) is 17.1 Å². The van der Waals surface area contributed by atoms with E-state index in [4.69, 9.17) is 10.00 Å². The summed E-state index contributed by atoms with van der Waals surface area (Å²) < 4.78 is 20.0. The molecule has 0 unspecified atom stereocenters. The van der Waals surface area contributed by atoms with Gasteiger partial charge in [-0.3, -0.25) is 4.79 Å². The summed E-state index contributed by atoms with van der Waals surface area (Å²) in [6.45, 7) is 2.53. The molecule has 1 fully saturated rings. The second-order valence-electron chi connectivity index (χ2n) is 7.34. The van der Waals surface area contributed by atoms with Gasteiger partial charge >= 0.3 is 0 Å². The average Bonchev–Trinajstić information content (AvgIpc) is 2.83. The Kier molecular flexibility index (Phi) is 6.68. The molecule has 32 heavy (non-hydrogen) atoms. The van der Waals surface area contributed by atoms with Crippen molar-refractivity contribution >= 4 is 11.6 Å². The number of rotatable bonds is 6. The molecule has 0 saturated carbocycles. The number of hydrogen-bond donors (Lipinski definition) is 1. The van der Waals surface area contributed by atoms with Crippen molar-refractivity contribution in [3.8, 4) is 17.3 Å². The van der Waals surface area contributed by atoms with Gasteiger partial charge in [-0.1, -0.05) is 18.2 Å². The van der Waals surface area contributed by atoms with Crippen molar-refractivity contribution in [2.75, 3.05) is 37.7 Å². The molecule has 0 atom stereocenters. The van der Waals surface area contributed by atoms with Crippen molar-refractivity contribution in [3.05, 3.63) is 77.5 Å². The monoisotopic (exact) mass is 431 g/mol. The number of halogens is 1. The summed E-state index contributed by atoms with van der Waals surface area (Å²) in [6.07, 6.45) is 2.08. The van der Waals surface area contributed by atoms with E-state index in [-0.39, 0.29) is 18.3 Å². The lowest BCUT2D eigenvalue weighted by Crippen LogP contribution is -2.36. The molecular weight excluding hydrogens is 409 g/mol. The molecule has 2 heterocycles. The second-order valence-corrected chi connectivity index (χ2v) is 7.34. The van der Waals surface area contributed by atoms with Gasteiger partial charge in [0.1, 0.15) is 18.2 Å². The van der Waals surface area contributed by atoms with Gasteiger partial charge in [0.05, 0.1) is 30.7 Å². The van der Waals surface area contributed by atoms with E-state index in [1.165, 1.54) is 6.07 Å². The van der Waals surface area contributed by atoms with E-state index in [0.29, 0.717) is 55.5 Å². The zero-order valence-electron chi connectivity index (χ0n) is 17.4. The van der Waals surface area contributed by atoms with Crippen molar-refractivity contribution in [1.82, 2.24) is 15.3 Å². The number of ether oxygens (including phenoxy) is 1. The number of carbonyl (C=O) groups excluding carboxylic acids is 1. The minimum atomic E-state index is -0.302. The van der Waals surface area contributed by atoms with Crippen LogP contribution >= 0.6 is 0 Å². The molecule has 0 spiro atoms.